The molecule has 130 valence electrons. The van der Waals surface area contributed by atoms with Gasteiger partial charge in [0.1, 0.15) is 0 Å². The Balaban J connectivity index is 1.87. The second-order valence-electron chi connectivity index (χ2n) is 6.94. The predicted octanol–water partition coefficient (Wildman–Crippen LogP) is 5.69. The van der Waals surface area contributed by atoms with Gasteiger partial charge in [-0.05, 0) is 67.8 Å². The van der Waals surface area contributed by atoms with Crippen molar-refractivity contribution >= 4 is 16.6 Å². The van der Waals surface area contributed by atoms with E-state index < -0.39 is 0 Å². The quantitative estimate of drug-likeness (QED) is 0.500. The topological polar surface area (TPSA) is 40.7 Å². The molecule has 0 amide bonds. The summed E-state index contributed by atoms with van der Waals surface area (Å²) in [6.45, 7) is 6.42. The number of para-hydroxylation sites is 1. The fraction of sp³-hybridized carbons (Fsp3) is 0.174. The zero-order chi connectivity index (χ0) is 18.1. The lowest BCUT2D eigenvalue weighted by Crippen LogP contribution is -2.13. The normalized spacial score (nSPS) is 12.3. The van der Waals surface area contributed by atoms with Crippen LogP contribution in [0, 0.1) is 20.8 Å². The Morgan fingerprint density at radius 2 is 1.58 bits per heavy atom. The summed E-state index contributed by atoms with van der Waals surface area (Å²) >= 11 is 0. The monoisotopic (exact) mass is 341 g/mol. The smallest absolute Gasteiger partial charge is 0.0792 e. The molecule has 0 fully saturated rings. The zero-order valence-electron chi connectivity index (χ0n) is 15.4. The summed E-state index contributed by atoms with van der Waals surface area (Å²) in [6.07, 6.45) is 3.71. The predicted molar refractivity (Wildman–Crippen MR) is 109 cm³/mol. The van der Waals surface area contributed by atoms with Gasteiger partial charge in [0, 0.05) is 40.2 Å². The van der Waals surface area contributed by atoms with E-state index in [1.807, 2.05) is 12.4 Å². The van der Waals surface area contributed by atoms with Crippen LogP contribution in [0.5, 0.6) is 0 Å². The largest absolute Gasteiger partial charge is 0.374 e. The van der Waals surface area contributed by atoms with Crippen molar-refractivity contribution in [2.24, 2.45) is 0 Å². The molecule has 0 bridgehead atoms. The van der Waals surface area contributed by atoms with Gasteiger partial charge in [-0.2, -0.15) is 0 Å². The molecule has 0 radical (unpaired) electrons. The highest BCUT2D eigenvalue weighted by Gasteiger charge is 2.21. The summed E-state index contributed by atoms with van der Waals surface area (Å²) in [5, 5.41) is 5.02. The number of anilines is 1. The Morgan fingerprint density at radius 1 is 0.885 bits per heavy atom. The lowest BCUT2D eigenvalue weighted by Gasteiger charge is -2.22. The van der Waals surface area contributed by atoms with Crippen molar-refractivity contribution < 1.29 is 0 Å². The van der Waals surface area contributed by atoms with Crippen LogP contribution in [-0.4, -0.2) is 9.97 Å². The number of H-pyrrole nitrogens is 1. The zero-order valence-corrected chi connectivity index (χ0v) is 15.4. The SMILES string of the molecule is Cc1cc(C)cc(N[C@H](c2ccncc2)c2c(C)[nH]c3ccccc23)c1. The molecule has 0 unspecified atom stereocenters. The molecule has 4 rings (SSSR count). The molecule has 2 aromatic heterocycles. The fourth-order valence-electron chi connectivity index (χ4n) is 3.77. The Kier molecular flexibility index (Phi) is 4.21. The highest BCUT2D eigenvalue weighted by molar-refractivity contribution is 5.86. The van der Waals surface area contributed by atoms with E-state index in [4.69, 9.17) is 0 Å². The molecule has 0 aliphatic carbocycles. The highest BCUT2D eigenvalue weighted by atomic mass is 14.9. The lowest BCUT2D eigenvalue weighted by atomic mass is 9.96. The number of hydrogen-bond donors (Lipinski definition) is 2. The average Bonchev–Trinajstić information content (AvgIpc) is 2.95. The van der Waals surface area contributed by atoms with E-state index in [-0.39, 0.29) is 6.04 Å². The van der Waals surface area contributed by atoms with Crippen molar-refractivity contribution in [2.75, 3.05) is 5.32 Å². The first-order valence-corrected chi connectivity index (χ1v) is 8.94. The first-order chi connectivity index (χ1) is 12.6. The number of aromatic amines is 1. The Morgan fingerprint density at radius 3 is 2.31 bits per heavy atom. The van der Waals surface area contributed by atoms with Crippen LogP contribution in [-0.2, 0) is 0 Å². The first kappa shape index (κ1) is 16.4. The van der Waals surface area contributed by atoms with Gasteiger partial charge in [0.05, 0.1) is 6.04 Å². The standard InChI is InChI=1S/C23H23N3/c1-15-12-16(2)14-19(13-15)26-23(18-8-10-24-11-9-18)22-17(3)25-21-7-5-4-6-20(21)22/h4-14,23,25-26H,1-3H3/t23-/m1/s1. The number of fused-ring (bicyclic) bond motifs is 1. The number of nitrogens with one attached hydrogen (secondary N) is 2. The first-order valence-electron chi connectivity index (χ1n) is 8.94. The Bertz CT molecular complexity index is 1030. The maximum Gasteiger partial charge on any atom is 0.0792 e. The summed E-state index contributed by atoms with van der Waals surface area (Å²) in [4.78, 5) is 7.72. The van der Waals surface area contributed by atoms with Crippen LogP contribution < -0.4 is 5.32 Å². The molecule has 0 saturated carbocycles. The summed E-state index contributed by atoms with van der Waals surface area (Å²) in [5.74, 6) is 0. The number of pyridine rings is 1. The fourth-order valence-corrected chi connectivity index (χ4v) is 3.77. The second kappa shape index (κ2) is 6.68. The number of aryl methyl sites for hydroxylation is 3. The van der Waals surface area contributed by atoms with Gasteiger partial charge in [0.25, 0.3) is 0 Å². The van der Waals surface area contributed by atoms with E-state index in [1.54, 1.807) is 0 Å². The third-order valence-corrected chi connectivity index (χ3v) is 4.80. The van der Waals surface area contributed by atoms with Gasteiger partial charge in [0.15, 0.2) is 0 Å². The van der Waals surface area contributed by atoms with E-state index >= 15 is 0 Å². The van der Waals surface area contributed by atoms with Crippen molar-refractivity contribution in [1.29, 1.82) is 0 Å². The van der Waals surface area contributed by atoms with E-state index in [0.717, 1.165) is 5.69 Å². The molecule has 26 heavy (non-hydrogen) atoms. The Hall–Kier alpha value is -3.07. The molecule has 0 saturated heterocycles. The van der Waals surface area contributed by atoms with Gasteiger partial charge < -0.3 is 10.3 Å². The van der Waals surface area contributed by atoms with E-state index in [9.17, 15) is 0 Å². The van der Waals surface area contributed by atoms with Crippen molar-refractivity contribution in [3.05, 3.63) is 94.9 Å². The minimum atomic E-state index is 0.0512. The van der Waals surface area contributed by atoms with Crippen LogP contribution >= 0.6 is 0 Å². The molecule has 2 N–H and O–H groups in total. The molecular weight excluding hydrogens is 318 g/mol. The molecule has 1 atom stereocenters. The van der Waals surface area contributed by atoms with Crippen molar-refractivity contribution in [1.82, 2.24) is 9.97 Å². The van der Waals surface area contributed by atoms with Gasteiger partial charge in [0.2, 0.25) is 0 Å². The molecule has 3 heteroatoms. The van der Waals surface area contributed by atoms with Crippen molar-refractivity contribution in [2.45, 2.75) is 26.8 Å². The number of benzene rings is 2. The van der Waals surface area contributed by atoms with Gasteiger partial charge in [-0.3, -0.25) is 4.98 Å². The molecule has 2 aromatic carbocycles. The van der Waals surface area contributed by atoms with Crippen LogP contribution in [0.3, 0.4) is 0 Å². The molecular formula is C23H23N3. The van der Waals surface area contributed by atoms with Gasteiger partial charge in [-0.25, -0.2) is 0 Å². The van der Waals surface area contributed by atoms with Gasteiger partial charge in [-0.15, -0.1) is 0 Å². The van der Waals surface area contributed by atoms with Gasteiger partial charge in [-0.1, -0.05) is 24.3 Å². The third kappa shape index (κ3) is 3.08. The molecule has 0 spiro atoms. The number of rotatable bonds is 4. The molecule has 3 nitrogen and oxygen atoms in total. The highest BCUT2D eigenvalue weighted by Crippen LogP contribution is 2.34. The Labute approximate surface area is 154 Å². The maximum absolute atomic E-state index is 4.19. The third-order valence-electron chi connectivity index (χ3n) is 4.80. The molecule has 0 aliphatic rings. The minimum absolute atomic E-state index is 0.0512. The molecule has 2 heterocycles. The van der Waals surface area contributed by atoms with Crippen LogP contribution in [0.2, 0.25) is 0 Å². The van der Waals surface area contributed by atoms with Crippen LogP contribution in [0.1, 0.15) is 34.0 Å². The van der Waals surface area contributed by atoms with Crippen LogP contribution in [0.15, 0.2) is 67.0 Å². The van der Waals surface area contributed by atoms with E-state index in [0.29, 0.717) is 0 Å². The summed E-state index contributed by atoms with van der Waals surface area (Å²) in [7, 11) is 0. The number of hydrogen-bond acceptors (Lipinski definition) is 2. The van der Waals surface area contributed by atoms with Crippen LogP contribution in [0.4, 0.5) is 5.69 Å². The minimum Gasteiger partial charge on any atom is -0.374 e. The number of nitrogens with zero attached hydrogens (tertiary/aromatic N) is 1. The lowest BCUT2D eigenvalue weighted by molar-refractivity contribution is 0.927. The second-order valence-corrected chi connectivity index (χ2v) is 6.94. The average molecular weight is 341 g/mol. The summed E-state index contributed by atoms with van der Waals surface area (Å²) in [6, 6.07) is 19.3. The number of aromatic nitrogens is 2. The molecule has 0 aliphatic heterocycles. The van der Waals surface area contributed by atoms with Crippen LogP contribution in [0.25, 0.3) is 10.9 Å². The van der Waals surface area contributed by atoms with Crippen molar-refractivity contribution in [3.63, 3.8) is 0 Å². The summed E-state index contributed by atoms with van der Waals surface area (Å²) < 4.78 is 0. The maximum atomic E-state index is 4.19. The van der Waals surface area contributed by atoms with E-state index in [2.05, 4.69) is 90.7 Å². The summed E-state index contributed by atoms with van der Waals surface area (Å²) in [5.41, 5.74) is 8.49. The molecule has 4 aromatic rings. The van der Waals surface area contributed by atoms with Crippen molar-refractivity contribution in [3.8, 4) is 0 Å². The van der Waals surface area contributed by atoms with E-state index in [1.165, 1.54) is 38.9 Å². The van der Waals surface area contributed by atoms with Gasteiger partial charge >= 0.3 is 0 Å².